The summed E-state index contributed by atoms with van der Waals surface area (Å²) < 4.78 is 10.5. The molecule has 356 valence electrons. The monoisotopic (exact) mass is 888 g/mol. The second kappa shape index (κ2) is 37.9. The lowest BCUT2D eigenvalue weighted by Gasteiger charge is -2.18. The molecule has 0 bridgehead atoms. The number of hydrogen-bond donors (Lipinski definition) is 9. The predicted octanol–water partition coefficient (Wildman–Crippen LogP) is 3.04. The van der Waals surface area contributed by atoms with Crippen LogP contribution < -0.4 is 26.6 Å². The van der Waals surface area contributed by atoms with Gasteiger partial charge < -0.3 is 56.5 Å². The van der Waals surface area contributed by atoms with E-state index in [1.807, 2.05) is 6.92 Å². The molecule has 0 saturated heterocycles. The number of ether oxygens (including phenoxy) is 2. The van der Waals surface area contributed by atoms with Crippen molar-refractivity contribution in [2.45, 2.75) is 173 Å². The second-order valence-electron chi connectivity index (χ2n) is 15.2. The normalized spacial score (nSPS) is 12.3. The summed E-state index contributed by atoms with van der Waals surface area (Å²) >= 11 is 0. The van der Waals surface area contributed by atoms with E-state index in [4.69, 9.17) is 14.6 Å². The lowest BCUT2D eigenvalue weighted by Crippen LogP contribution is -2.45. The number of aliphatic carboxylic acids is 4. The summed E-state index contributed by atoms with van der Waals surface area (Å²) in [6.07, 6.45) is 13.4. The van der Waals surface area contributed by atoms with Gasteiger partial charge in [0.05, 0.1) is 19.8 Å². The van der Waals surface area contributed by atoms with Crippen molar-refractivity contribution in [1.82, 2.24) is 26.6 Å². The number of carbonyl (C=O) groups is 9. The van der Waals surface area contributed by atoms with E-state index in [2.05, 4.69) is 26.6 Å². The van der Waals surface area contributed by atoms with Gasteiger partial charge in [0, 0.05) is 45.2 Å². The molecule has 0 aromatic rings. The Morgan fingerprint density at radius 2 is 0.758 bits per heavy atom. The molecule has 20 nitrogen and oxygen atoms in total. The summed E-state index contributed by atoms with van der Waals surface area (Å²) in [5.41, 5.74) is 0. The summed E-state index contributed by atoms with van der Waals surface area (Å²) in [6.45, 7) is 3.03. The van der Waals surface area contributed by atoms with Crippen LogP contribution in [0.15, 0.2) is 0 Å². The average molecular weight is 888 g/mol. The molecule has 3 atom stereocenters. The Hall–Kier alpha value is -4.85. The summed E-state index contributed by atoms with van der Waals surface area (Å²) in [5.74, 6) is -7.80. The number of carboxylic acid groups (broad SMARTS) is 4. The highest BCUT2D eigenvalue weighted by Crippen LogP contribution is 2.14. The van der Waals surface area contributed by atoms with Gasteiger partial charge >= 0.3 is 23.9 Å². The predicted molar refractivity (Wildman–Crippen MR) is 226 cm³/mol. The second-order valence-corrected chi connectivity index (χ2v) is 15.2. The quantitative estimate of drug-likeness (QED) is 0.0398. The van der Waals surface area contributed by atoms with Gasteiger partial charge in [0.2, 0.25) is 29.5 Å². The molecule has 0 rings (SSSR count). The molecule has 20 heteroatoms. The molecule has 0 aliphatic heterocycles. The molecule has 0 spiro atoms. The maximum atomic E-state index is 12.5. The van der Waals surface area contributed by atoms with Gasteiger partial charge in [-0.1, -0.05) is 84.0 Å². The zero-order chi connectivity index (χ0) is 46.4. The molecule has 0 aliphatic carbocycles. The van der Waals surface area contributed by atoms with E-state index < -0.39 is 84.9 Å². The first kappa shape index (κ1) is 57.1. The van der Waals surface area contributed by atoms with Gasteiger partial charge in [0.15, 0.2) is 0 Å². The van der Waals surface area contributed by atoms with Crippen LogP contribution in [0.1, 0.15) is 155 Å². The number of hydrogen-bond acceptors (Lipinski definition) is 11. The van der Waals surface area contributed by atoms with Crippen molar-refractivity contribution in [3.05, 3.63) is 0 Å². The van der Waals surface area contributed by atoms with Crippen LogP contribution in [-0.4, -0.2) is 131 Å². The third-order valence-corrected chi connectivity index (χ3v) is 9.67. The van der Waals surface area contributed by atoms with E-state index in [1.54, 1.807) is 0 Å². The summed E-state index contributed by atoms with van der Waals surface area (Å²) in [6, 6.07) is -4.36. The first-order valence-electron chi connectivity index (χ1n) is 22.1. The molecule has 0 unspecified atom stereocenters. The Morgan fingerprint density at radius 3 is 1.16 bits per heavy atom. The molecule has 5 amide bonds. The van der Waals surface area contributed by atoms with Gasteiger partial charge in [0.1, 0.15) is 24.7 Å². The molecule has 0 aliphatic rings. The standard InChI is InChI=1S/C42H73N5O15/c1-2-25-43-38(52)30-62-29-28-61-27-26-44-34(48)22-19-31(40(55)56)46-36(50)24-21-33(42(59)60)47-37(51)23-20-32(41(57)58)45-35(49)17-15-13-11-9-7-5-3-4-6-8-10-12-14-16-18-39(53)54/h31-33H,2-30H2,1H3,(H,43,52)(H,44,48)(H,45,49)(H,46,50)(H,47,51)(H,53,54)(H,55,56)(H,57,58)(H,59,60)/t31-,32-,33-/m0/s1. The van der Waals surface area contributed by atoms with Crippen LogP contribution in [0.2, 0.25) is 0 Å². The highest BCUT2D eigenvalue weighted by Gasteiger charge is 2.26. The van der Waals surface area contributed by atoms with Crippen molar-refractivity contribution in [1.29, 1.82) is 0 Å². The van der Waals surface area contributed by atoms with Crippen molar-refractivity contribution >= 4 is 53.4 Å². The van der Waals surface area contributed by atoms with Crippen molar-refractivity contribution in [3.8, 4) is 0 Å². The molecule has 0 radical (unpaired) electrons. The first-order chi connectivity index (χ1) is 29.7. The van der Waals surface area contributed by atoms with E-state index in [0.717, 1.165) is 64.2 Å². The fraction of sp³-hybridized carbons (Fsp3) is 0.786. The zero-order valence-electron chi connectivity index (χ0n) is 36.5. The van der Waals surface area contributed by atoms with Crippen molar-refractivity contribution < 1.29 is 73.1 Å². The number of carbonyl (C=O) groups excluding carboxylic acids is 5. The van der Waals surface area contributed by atoms with Crippen LogP contribution in [0.5, 0.6) is 0 Å². The highest BCUT2D eigenvalue weighted by atomic mass is 16.5. The molecule has 0 aromatic carbocycles. The number of carboxylic acids is 4. The third kappa shape index (κ3) is 34.8. The van der Waals surface area contributed by atoms with Crippen LogP contribution in [0, 0.1) is 0 Å². The minimum absolute atomic E-state index is 0.0915. The molecule has 0 heterocycles. The lowest BCUT2D eigenvalue weighted by atomic mass is 10.0. The number of rotatable bonds is 42. The topological polar surface area (TPSA) is 313 Å². The Morgan fingerprint density at radius 1 is 0.403 bits per heavy atom. The molecule has 0 aromatic heterocycles. The van der Waals surface area contributed by atoms with Crippen LogP contribution in [0.25, 0.3) is 0 Å². The van der Waals surface area contributed by atoms with Crippen LogP contribution in [0.4, 0.5) is 0 Å². The molecular weight excluding hydrogens is 814 g/mol. The molecule has 9 N–H and O–H groups in total. The van der Waals surface area contributed by atoms with Gasteiger partial charge in [-0.15, -0.1) is 0 Å². The lowest BCUT2D eigenvalue weighted by molar-refractivity contribution is -0.144. The fourth-order valence-electron chi connectivity index (χ4n) is 6.13. The first-order valence-corrected chi connectivity index (χ1v) is 22.1. The summed E-state index contributed by atoms with van der Waals surface area (Å²) in [5, 5.41) is 49.4. The number of unbranched alkanes of at least 4 members (excludes halogenated alkanes) is 13. The zero-order valence-corrected chi connectivity index (χ0v) is 36.5. The SMILES string of the molecule is CCCNC(=O)COCCOCCNC(=O)CC[C@H](NC(=O)CC[C@H](NC(=O)CC[C@H](NC(=O)CCCCCCCCCCCCCCCCC(=O)O)C(=O)O)C(=O)O)C(=O)O. The van der Waals surface area contributed by atoms with E-state index in [1.165, 1.54) is 25.7 Å². The van der Waals surface area contributed by atoms with Gasteiger partial charge in [-0.2, -0.15) is 0 Å². The number of amides is 5. The van der Waals surface area contributed by atoms with E-state index in [0.29, 0.717) is 13.0 Å². The minimum Gasteiger partial charge on any atom is -0.481 e. The molecule has 0 fully saturated rings. The van der Waals surface area contributed by atoms with Gasteiger partial charge in [-0.25, -0.2) is 14.4 Å². The summed E-state index contributed by atoms with van der Waals surface area (Å²) in [4.78, 5) is 107. The summed E-state index contributed by atoms with van der Waals surface area (Å²) in [7, 11) is 0. The minimum atomic E-state index is -1.54. The number of nitrogens with one attached hydrogen (secondary N) is 5. The van der Waals surface area contributed by atoms with Crippen molar-refractivity contribution in [3.63, 3.8) is 0 Å². The third-order valence-electron chi connectivity index (χ3n) is 9.67. The highest BCUT2D eigenvalue weighted by molar-refractivity contribution is 5.87. The average Bonchev–Trinajstić information content (AvgIpc) is 3.21. The Bertz CT molecular complexity index is 1350. The van der Waals surface area contributed by atoms with Crippen LogP contribution >= 0.6 is 0 Å². The van der Waals surface area contributed by atoms with Crippen molar-refractivity contribution in [2.75, 3.05) is 39.5 Å². The Balaban J connectivity index is 4.31. The van der Waals surface area contributed by atoms with E-state index >= 15 is 0 Å². The molecular formula is C42H73N5O15. The molecule has 62 heavy (non-hydrogen) atoms. The maximum Gasteiger partial charge on any atom is 0.326 e. The Kier molecular flexibility index (Phi) is 34.9. The van der Waals surface area contributed by atoms with E-state index in [-0.39, 0.29) is 71.0 Å². The van der Waals surface area contributed by atoms with E-state index in [9.17, 15) is 58.5 Å². The van der Waals surface area contributed by atoms with Crippen LogP contribution in [-0.2, 0) is 52.6 Å². The van der Waals surface area contributed by atoms with Gasteiger partial charge in [-0.3, -0.25) is 28.8 Å². The molecule has 0 saturated carbocycles. The Labute approximate surface area is 364 Å². The largest absolute Gasteiger partial charge is 0.481 e. The van der Waals surface area contributed by atoms with Crippen LogP contribution in [0.3, 0.4) is 0 Å². The smallest absolute Gasteiger partial charge is 0.326 e. The van der Waals surface area contributed by atoms with Gasteiger partial charge in [-0.05, 0) is 38.5 Å². The van der Waals surface area contributed by atoms with Crippen molar-refractivity contribution in [2.24, 2.45) is 0 Å². The van der Waals surface area contributed by atoms with Gasteiger partial charge in [0.25, 0.3) is 0 Å². The fourth-order valence-corrected chi connectivity index (χ4v) is 6.13. The maximum absolute atomic E-state index is 12.5.